The maximum Gasteiger partial charge on any atom is 0.257 e. The van der Waals surface area contributed by atoms with E-state index in [1.54, 1.807) is 19.4 Å². The van der Waals surface area contributed by atoms with Crippen LogP contribution < -0.4 is 15.5 Å². The molecule has 0 saturated carbocycles. The largest absolute Gasteiger partial charge is 0.497 e. The van der Waals surface area contributed by atoms with E-state index in [1.165, 1.54) is 6.20 Å². The molecular weight excluding hydrogens is 378 g/mol. The van der Waals surface area contributed by atoms with Crippen LogP contribution in [0, 0.1) is 6.92 Å². The number of aryl methyl sites for hydroxylation is 1. The molecule has 0 atom stereocenters. The number of ether oxygens (including phenoxy) is 1. The van der Waals surface area contributed by atoms with Gasteiger partial charge in [-0.1, -0.05) is 36.4 Å². The molecule has 4 aromatic rings. The van der Waals surface area contributed by atoms with Gasteiger partial charge in [0.1, 0.15) is 17.0 Å². The third kappa shape index (κ3) is 3.80. The van der Waals surface area contributed by atoms with Crippen LogP contribution in [0.25, 0.3) is 22.2 Å². The maximum absolute atomic E-state index is 13.0. The number of H-pyrrole nitrogens is 1. The summed E-state index contributed by atoms with van der Waals surface area (Å²) in [6.07, 6.45) is 3.14. The minimum atomic E-state index is -0.435. The van der Waals surface area contributed by atoms with Crippen LogP contribution in [-0.2, 0) is 6.54 Å². The minimum absolute atomic E-state index is 0.0553. The zero-order valence-corrected chi connectivity index (χ0v) is 16.7. The number of aromatic amines is 1. The molecule has 0 bridgehead atoms. The Bertz CT molecular complexity index is 1280. The molecule has 6 heteroatoms. The normalized spacial score (nSPS) is 10.7. The third-order valence-electron chi connectivity index (χ3n) is 5.04. The van der Waals surface area contributed by atoms with E-state index >= 15 is 0 Å². The summed E-state index contributed by atoms with van der Waals surface area (Å²) < 4.78 is 5.13. The van der Waals surface area contributed by atoms with Crippen molar-refractivity contribution in [1.29, 1.82) is 0 Å². The van der Waals surface area contributed by atoms with Crippen LogP contribution in [0.1, 0.15) is 21.5 Å². The summed E-state index contributed by atoms with van der Waals surface area (Å²) in [7, 11) is 1.60. The second-order valence-corrected chi connectivity index (χ2v) is 7.00. The summed E-state index contributed by atoms with van der Waals surface area (Å²) in [5.41, 5.74) is 3.98. The molecule has 0 aliphatic carbocycles. The summed E-state index contributed by atoms with van der Waals surface area (Å²) in [6.45, 7) is 2.31. The average molecular weight is 399 g/mol. The Morgan fingerprint density at radius 1 is 1.13 bits per heavy atom. The molecule has 0 radical (unpaired) electrons. The zero-order chi connectivity index (χ0) is 21.1. The number of amides is 1. The van der Waals surface area contributed by atoms with Gasteiger partial charge in [0.25, 0.3) is 5.91 Å². The van der Waals surface area contributed by atoms with Gasteiger partial charge >= 0.3 is 0 Å². The van der Waals surface area contributed by atoms with Gasteiger partial charge in [0.2, 0.25) is 5.43 Å². The van der Waals surface area contributed by atoms with Gasteiger partial charge in [0, 0.05) is 24.5 Å². The smallest absolute Gasteiger partial charge is 0.257 e. The highest BCUT2D eigenvalue weighted by molar-refractivity contribution is 5.97. The lowest BCUT2D eigenvalue weighted by molar-refractivity contribution is 0.0949. The van der Waals surface area contributed by atoms with E-state index in [-0.39, 0.29) is 11.0 Å². The summed E-state index contributed by atoms with van der Waals surface area (Å²) in [4.78, 5) is 33.0. The van der Waals surface area contributed by atoms with Crippen LogP contribution in [0.3, 0.4) is 0 Å². The molecule has 2 N–H and O–H groups in total. The Labute approximate surface area is 173 Å². The molecule has 2 heterocycles. The van der Waals surface area contributed by atoms with E-state index in [1.807, 2.05) is 55.5 Å². The number of fused-ring (bicyclic) bond motifs is 1. The molecule has 0 spiro atoms. The number of carbonyl (C=O) groups excluding carboxylic acids is 1. The van der Waals surface area contributed by atoms with Crippen molar-refractivity contribution >= 4 is 16.9 Å². The van der Waals surface area contributed by atoms with Crippen LogP contribution in [0.2, 0.25) is 0 Å². The van der Waals surface area contributed by atoms with E-state index in [2.05, 4.69) is 15.3 Å². The highest BCUT2D eigenvalue weighted by Crippen LogP contribution is 2.24. The van der Waals surface area contributed by atoms with Gasteiger partial charge in [-0.05, 0) is 41.8 Å². The second kappa shape index (κ2) is 8.21. The van der Waals surface area contributed by atoms with E-state index in [9.17, 15) is 9.59 Å². The number of hydrogen-bond acceptors (Lipinski definition) is 4. The van der Waals surface area contributed by atoms with Crippen LogP contribution in [0.5, 0.6) is 5.75 Å². The number of rotatable bonds is 5. The van der Waals surface area contributed by atoms with Gasteiger partial charge in [0.15, 0.2) is 0 Å². The maximum atomic E-state index is 13.0. The van der Waals surface area contributed by atoms with Crippen molar-refractivity contribution in [2.24, 2.45) is 0 Å². The molecule has 0 aliphatic rings. The van der Waals surface area contributed by atoms with Crippen LogP contribution in [0.15, 0.2) is 71.8 Å². The number of aromatic nitrogens is 2. The van der Waals surface area contributed by atoms with Crippen molar-refractivity contribution in [3.8, 4) is 16.9 Å². The Morgan fingerprint density at radius 2 is 1.90 bits per heavy atom. The van der Waals surface area contributed by atoms with Gasteiger partial charge in [0.05, 0.1) is 12.5 Å². The van der Waals surface area contributed by atoms with Crippen LogP contribution in [0.4, 0.5) is 0 Å². The summed E-state index contributed by atoms with van der Waals surface area (Å²) >= 11 is 0. The van der Waals surface area contributed by atoms with E-state index in [4.69, 9.17) is 4.74 Å². The fourth-order valence-electron chi connectivity index (χ4n) is 3.34. The fourth-order valence-corrected chi connectivity index (χ4v) is 3.34. The van der Waals surface area contributed by atoms with Crippen molar-refractivity contribution in [1.82, 2.24) is 15.3 Å². The Morgan fingerprint density at radius 3 is 2.63 bits per heavy atom. The van der Waals surface area contributed by atoms with E-state index < -0.39 is 5.91 Å². The summed E-state index contributed by atoms with van der Waals surface area (Å²) in [5, 5.41) is 3.18. The van der Waals surface area contributed by atoms with Crippen molar-refractivity contribution in [2.45, 2.75) is 13.5 Å². The van der Waals surface area contributed by atoms with Gasteiger partial charge < -0.3 is 15.0 Å². The van der Waals surface area contributed by atoms with Gasteiger partial charge in [-0.2, -0.15) is 0 Å². The lowest BCUT2D eigenvalue weighted by Crippen LogP contribution is -2.28. The Kier molecular flexibility index (Phi) is 5.30. The molecule has 2 aromatic carbocycles. The quantitative estimate of drug-likeness (QED) is 0.534. The van der Waals surface area contributed by atoms with Crippen molar-refractivity contribution in [2.75, 3.05) is 7.11 Å². The molecule has 0 saturated heterocycles. The number of nitrogens with one attached hydrogen (secondary N) is 2. The highest BCUT2D eigenvalue weighted by Gasteiger charge is 2.14. The first-order valence-corrected chi connectivity index (χ1v) is 9.55. The first-order valence-electron chi connectivity index (χ1n) is 9.55. The number of hydrogen-bond donors (Lipinski definition) is 2. The van der Waals surface area contributed by atoms with Crippen LogP contribution in [-0.4, -0.2) is 23.0 Å². The lowest BCUT2D eigenvalue weighted by Gasteiger charge is -2.08. The topological polar surface area (TPSA) is 84.1 Å². The SMILES string of the molecule is COc1ccc(CNC(=O)c2c[nH]c3ncc(-c4ccccc4C)cc3c2=O)cc1. The van der Waals surface area contributed by atoms with Crippen molar-refractivity contribution in [3.05, 3.63) is 93.9 Å². The molecule has 0 unspecified atom stereocenters. The summed E-state index contributed by atoms with van der Waals surface area (Å²) in [6, 6.07) is 17.1. The molecule has 150 valence electrons. The molecular formula is C24H21N3O3. The summed E-state index contributed by atoms with van der Waals surface area (Å²) in [5.74, 6) is 0.309. The Hall–Kier alpha value is -3.93. The molecule has 6 nitrogen and oxygen atoms in total. The van der Waals surface area contributed by atoms with Crippen molar-refractivity contribution in [3.63, 3.8) is 0 Å². The first kappa shape index (κ1) is 19.4. The molecule has 1 amide bonds. The predicted molar refractivity (Wildman–Crippen MR) is 117 cm³/mol. The van der Waals surface area contributed by atoms with Gasteiger partial charge in [-0.3, -0.25) is 9.59 Å². The number of pyridine rings is 2. The molecule has 0 fully saturated rings. The average Bonchev–Trinajstić information content (AvgIpc) is 2.78. The van der Waals surface area contributed by atoms with E-state index in [0.717, 1.165) is 28.0 Å². The number of carbonyl (C=O) groups is 1. The van der Waals surface area contributed by atoms with Gasteiger partial charge in [-0.15, -0.1) is 0 Å². The van der Waals surface area contributed by atoms with E-state index in [0.29, 0.717) is 17.6 Å². The number of benzene rings is 2. The zero-order valence-electron chi connectivity index (χ0n) is 16.7. The monoisotopic (exact) mass is 399 g/mol. The first-order chi connectivity index (χ1) is 14.6. The molecule has 0 aliphatic heterocycles. The standard InChI is InChI=1S/C24H21N3O3/c1-15-5-3-4-6-19(15)17-11-20-22(28)21(14-26-23(20)25-13-17)24(29)27-12-16-7-9-18(30-2)10-8-16/h3-11,13-14H,12H2,1-2H3,(H,27,29)(H,25,26,28). The highest BCUT2D eigenvalue weighted by atomic mass is 16.5. The predicted octanol–water partition coefficient (Wildman–Crippen LogP) is 3.84. The molecule has 4 rings (SSSR count). The van der Waals surface area contributed by atoms with Gasteiger partial charge in [-0.25, -0.2) is 4.98 Å². The minimum Gasteiger partial charge on any atom is -0.497 e. The second-order valence-electron chi connectivity index (χ2n) is 7.00. The molecule has 30 heavy (non-hydrogen) atoms. The lowest BCUT2D eigenvalue weighted by atomic mass is 10.0. The fraction of sp³-hybridized carbons (Fsp3) is 0.125. The number of methoxy groups -OCH3 is 1. The molecule has 2 aromatic heterocycles. The van der Waals surface area contributed by atoms with Crippen molar-refractivity contribution < 1.29 is 9.53 Å². The third-order valence-corrected chi connectivity index (χ3v) is 5.04. The number of nitrogens with zero attached hydrogens (tertiary/aromatic N) is 1. The Balaban J connectivity index is 1.62. The van der Waals surface area contributed by atoms with Crippen LogP contribution >= 0.6 is 0 Å².